The average molecular weight is 321 g/mol. The summed E-state index contributed by atoms with van der Waals surface area (Å²) in [7, 11) is 0. The largest absolute Gasteiger partial charge is 0.478 e. The molecule has 0 aliphatic carbocycles. The molecule has 4 heteroatoms. The number of fused-ring (bicyclic) bond motifs is 1. The summed E-state index contributed by atoms with van der Waals surface area (Å²) in [6.07, 6.45) is 0. The second-order valence-electron chi connectivity index (χ2n) is 2.95. The number of hydrogen-bond donors (Lipinski definition) is 1. The zero-order chi connectivity index (χ0) is 10.1. The number of carbonyl (C=O) groups is 1. The molecule has 0 amide bonds. The number of carboxylic acids is 1. The third-order valence-electron chi connectivity index (χ3n) is 2.10. The van der Waals surface area contributed by atoms with Crippen molar-refractivity contribution in [1.82, 2.24) is 0 Å². The van der Waals surface area contributed by atoms with Crippen molar-refractivity contribution < 1.29 is 9.90 Å². The molecule has 0 atom stereocenters. The van der Waals surface area contributed by atoms with Crippen LogP contribution in [0.1, 0.15) is 10.4 Å². The van der Waals surface area contributed by atoms with E-state index in [2.05, 4.69) is 15.9 Å². The van der Waals surface area contributed by atoms with Crippen LogP contribution in [-0.2, 0) is 0 Å². The van der Waals surface area contributed by atoms with Crippen LogP contribution in [0.25, 0.3) is 10.8 Å². The van der Waals surface area contributed by atoms with Crippen molar-refractivity contribution in [2.24, 2.45) is 0 Å². The van der Waals surface area contributed by atoms with Crippen LogP contribution >= 0.6 is 15.9 Å². The molecule has 0 saturated heterocycles. The van der Waals surface area contributed by atoms with Crippen molar-refractivity contribution in [3.8, 4) is 0 Å². The number of hydrogen-bond acceptors (Lipinski definition) is 1. The van der Waals surface area contributed by atoms with Crippen LogP contribution in [0, 0.1) is 0 Å². The molecule has 0 fully saturated rings. The van der Waals surface area contributed by atoms with Gasteiger partial charge in [-0.2, -0.15) is 0 Å². The number of benzene rings is 2. The van der Waals surface area contributed by atoms with Gasteiger partial charge in [-0.3, -0.25) is 0 Å². The molecule has 2 rings (SSSR count). The molecule has 2 nitrogen and oxygen atoms in total. The van der Waals surface area contributed by atoms with Crippen LogP contribution in [0.5, 0.6) is 0 Å². The Morgan fingerprint density at radius 2 is 1.67 bits per heavy atom. The fourth-order valence-corrected chi connectivity index (χ4v) is 1.93. The zero-order valence-electron chi connectivity index (χ0n) is 7.77. The topological polar surface area (TPSA) is 37.3 Å². The first-order valence-electron chi connectivity index (χ1n) is 4.10. The predicted molar refractivity (Wildman–Crippen MR) is 64.4 cm³/mol. The third-order valence-corrected chi connectivity index (χ3v) is 2.79. The summed E-state index contributed by atoms with van der Waals surface area (Å²) >= 11 is 3.39. The van der Waals surface area contributed by atoms with Crippen LogP contribution in [0.3, 0.4) is 0 Å². The van der Waals surface area contributed by atoms with E-state index in [1.807, 2.05) is 24.3 Å². The van der Waals surface area contributed by atoms with Gasteiger partial charge >= 0.3 is 5.97 Å². The van der Waals surface area contributed by atoms with E-state index in [4.69, 9.17) is 5.11 Å². The van der Waals surface area contributed by atoms with Gasteiger partial charge in [0.1, 0.15) is 0 Å². The van der Waals surface area contributed by atoms with Gasteiger partial charge < -0.3 is 5.11 Å². The Morgan fingerprint density at radius 3 is 2.27 bits per heavy atom. The Balaban J connectivity index is 0.00000112. The maximum atomic E-state index is 10.9. The van der Waals surface area contributed by atoms with Gasteiger partial charge in [-0.25, -0.2) is 4.79 Å². The molecule has 0 spiro atoms. The number of aromatic carboxylic acids is 1. The van der Waals surface area contributed by atoms with Crippen LogP contribution in [0.2, 0.25) is 0 Å². The van der Waals surface area contributed by atoms with E-state index < -0.39 is 5.97 Å². The predicted octanol–water partition coefficient (Wildman–Crippen LogP) is 2.92. The third kappa shape index (κ3) is 2.27. The van der Waals surface area contributed by atoms with Crippen molar-refractivity contribution in [2.45, 2.75) is 0 Å². The van der Waals surface area contributed by atoms with Crippen LogP contribution in [0.4, 0.5) is 0 Å². The molecule has 2 aromatic carbocycles. The molecular formula is C11H7BrGaO2. The van der Waals surface area contributed by atoms with Gasteiger partial charge in [0, 0.05) is 24.3 Å². The average Bonchev–Trinajstić information content (AvgIpc) is 2.18. The van der Waals surface area contributed by atoms with Gasteiger partial charge in [0.15, 0.2) is 0 Å². The van der Waals surface area contributed by atoms with E-state index >= 15 is 0 Å². The van der Waals surface area contributed by atoms with Crippen LogP contribution in [0.15, 0.2) is 40.9 Å². The summed E-state index contributed by atoms with van der Waals surface area (Å²) in [5, 5.41) is 10.6. The summed E-state index contributed by atoms with van der Waals surface area (Å²) in [4.78, 5) is 10.9. The Morgan fingerprint density at radius 1 is 1.07 bits per heavy atom. The van der Waals surface area contributed by atoms with E-state index in [1.54, 1.807) is 12.1 Å². The summed E-state index contributed by atoms with van der Waals surface area (Å²) in [6.45, 7) is 0. The molecule has 0 saturated carbocycles. The monoisotopic (exact) mass is 319 g/mol. The molecule has 73 valence electrons. The molecule has 0 heterocycles. The first kappa shape index (κ1) is 12.4. The van der Waals surface area contributed by atoms with E-state index in [0.29, 0.717) is 5.56 Å². The van der Waals surface area contributed by atoms with E-state index in [1.165, 1.54) is 0 Å². The second kappa shape index (κ2) is 4.87. The standard InChI is InChI=1S/C11H7BrO2.Ga/c12-10-6-5-9(11(13)14)7-3-1-2-4-8(7)10;/h1-6H,(H,13,14);. The Hall–Kier alpha value is -0.714. The van der Waals surface area contributed by atoms with Gasteiger partial charge in [0.05, 0.1) is 5.56 Å². The van der Waals surface area contributed by atoms with E-state index in [-0.39, 0.29) is 19.8 Å². The molecule has 0 bridgehead atoms. The SMILES string of the molecule is O=C(O)c1ccc(Br)c2ccccc12.[Ga]. The van der Waals surface area contributed by atoms with Crippen molar-refractivity contribution >= 4 is 52.5 Å². The minimum atomic E-state index is -0.895. The molecular weight excluding hydrogens is 314 g/mol. The van der Waals surface area contributed by atoms with Gasteiger partial charge in [-0.05, 0) is 22.9 Å². The molecule has 0 aromatic heterocycles. The van der Waals surface area contributed by atoms with Gasteiger partial charge in [-0.1, -0.05) is 40.2 Å². The molecule has 15 heavy (non-hydrogen) atoms. The normalized spacial score (nSPS) is 9.67. The van der Waals surface area contributed by atoms with Gasteiger partial charge in [0.25, 0.3) is 0 Å². The van der Waals surface area contributed by atoms with Crippen molar-refractivity contribution in [3.63, 3.8) is 0 Å². The number of carboxylic acid groups (broad SMARTS) is 1. The summed E-state index contributed by atoms with van der Waals surface area (Å²) in [6, 6.07) is 10.8. The zero-order valence-corrected chi connectivity index (χ0v) is 11.8. The van der Waals surface area contributed by atoms with E-state index in [0.717, 1.165) is 15.2 Å². The van der Waals surface area contributed by atoms with E-state index in [9.17, 15) is 4.79 Å². The molecule has 3 radical (unpaired) electrons. The van der Waals surface area contributed by atoms with Crippen LogP contribution < -0.4 is 0 Å². The molecule has 0 aliphatic rings. The van der Waals surface area contributed by atoms with Gasteiger partial charge in [0.2, 0.25) is 0 Å². The fourth-order valence-electron chi connectivity index (χ4n) is 1.45. The molecule has 2 aromatic rings. The van der Waals surface area contributed by atoms with Crippen molar-refractivity contribution in [1.29, 1.82) is 0 Å². The Labute approximate surface area is 108 Å². The number of halogens is 1. The quantitative estimate of drug-likeness (QED) is 0.820. The minimum Gasteiger partial charge on any atom is -0.478 e. The Kier molecular flexibility index (Phi) is 4.01. The molecule has 1 N–H and O–H groups in total. The Bertz CT molecular complexity index is 511. The van der Waals surface area contributed by atoms with Crippen molar-refractivity contribution in [2.75, 3.05) is 0 Å². The second-order valence-corrected chi connectivity index (χ2v) is 3.80. The summed E-state index contributed by atoms with van der Waals surface area (Å²) in [5.41, 5.74) is 0.337. The smallest absolute Gasteiger partial charge is 0.336 e. The first-order valence-corrected chi connectivity index (χ1v) is 4.90. The first-order chi connectivity index (χ1) is 6.70. The molecule has 0 unspecified atom stereocenters. The minimum absolute atomic E-state index is 0. The summed E-state index contributed by atoms with van der Waals surface area (Å²) in [5.74, 6) is -0.895. The number of rotatable bonds is 1. The summed E-state index contributed by atoms with van der Waals surface area (Å²) < 4.78 is 0.915. The maximum absolute atomic E-state index is 10.9. The fraction of sp³-hybridized carbons (Fsp3) is 0. The van der Waals surface area contributed by atoms with Crippen LogP contribution in [-0.4, -0.2) is 30.9 Å². The molecule has 0 aliphatic heterocycles. The maximum Gasteiger partial charge on any atom is 0.336 e. The van der Waals surface area contributed by atoms with Crippen molar-refractivity contribution in [3.05, 3.63) is 46.4 Å². The van der Waals surface area contributed by atoms with Gasteiger partial charge in [-0.15, -0.1) is 0 Å².